The Labute approximate surface area is 143 Å². The smallest absolute Gasteiger partial charge is 0.267 e. The topological polar surface area (TPSA) is 119 Å². The number of nitrogens with two attached hydrogens (primary N) is 1. The Morgan fingerprint density at radius 3 is 2.54 bits per heavy atom. The van der Waals surface area contributed by atoms with Crippen molar-refractivity contribution >= 4 is 33.3 Å². The molecule has 0 spiro atoms. The van der Waals surface area contributed by atoms with Crippen LogP contribution in [0.5, 0.6) is 0 Å². The molecule has 24 heavy (non-hydrogen) atoms. The van der Waals surface area contributed by atoms with Crippen molar-refractivity contribution in [3.05, 3.63) is 52.7 Å². The molecular formula is C15H14ClN3O4S. The Balaban J connectivity index is 2.28. The maximum absolute atomic E-state index is 11.9. The molecule has 126 valence electrons. The number of carbonyl (C=O) groups excluding carboxylic acids is 2. The standard InChI is InChI=1S/C15H14ClN3O4S/c1-24(22,23)8-18-15(21)9-5-6-10(11(16)7-9)12-3-2-4-13(19-12)14(17)20/h2-7H,8H2,1H3,(H2,17,20)(H,18,21). The van der Waals surface area contributed by atoms with E-state index >= 15 is 0 Å². The van der Waals surface area contributed by atoms with Gasteiger partial charge in [-0.2, -0.15) is 0 Å². The van der Waals surface area contributed by atoms with Gasteiger partial charge in [-0.1, -0.05) is 23.7 Å². The van der Waals surface area contributed by atoms with Crippen LogP contribution in [0.2, 0.25) is 5.02 Å². The number of halogens is 1. The molecule has 1 heterocycles. The van der Waals surface area contributed by atoms with Gasteiger partial charge in [-0.3, -0.25) is 9.59 Å². The highest BCUT2D eigenvalue weighted by molar-refractivity contribution is 7.90. The van der Waals surface area contributed by atoms with Crippen LogP contribution in [0.1, 0.15) is 20.8 Å². The summed E-state index contributed by atoms with van der Waals surface area (Å²) in [6.07, 6.45) is 1.01. The minimum atomic E-state index is -3.32. The molecule has 0 atom stereocenters. The van der Waals surface area contributed by atoms with Crippen LogP contribution >= 0.6 is 11.6 Å². The summed E-state index contributed by atoms with van der Waals surface area (Å²) in [6, 6.07) is 9.19. The van der Waals surface area contributed by atoms with Crippen molar-refractivity contribution in [2.45, 2.75) is 0 Å². The zero-order valence-corrected chi connectivity index (χ0v) is 14.2. The number of carbonyl (C=O) groups is 2. The Kier molecular flexibility index (Phi) is 5.20. The summed E-state index contributed by atoms with van der Waals surface area (Å²) < 4.78 is 22.1. The third-order valence-electron chi connectivity index (χ3n) is 3.00. The van der Waals surface area contributed by atoms with Gasteiger partial charge in [0, 0.05) is 17.4 Å². The lowest BCUT2D eigenvalue weighted by Crippen LogP contribution is -2.28. The fourth-order valence-electron chi connectivity index (χ4n) is 1.88. The third kappa shape index (κ3) is 4.53. The summed E-state index contributed by atoms with van der Waals surface area (Å²) in [6.45, 7) is 0. The molecule has 7 nitrogen and oxygen atoms in total. The second-order valence-electron chi connectivity index (χ2n) is 5.04. The van der Waals surface area contributed by atoms with Crippen molar-refractivity contribution in [1.82, 2.24) is 10.3 Å². The van der Waals surface area contributed by atoms with E-state index in [1.807, 2.05) is 0 Å². The zero-order chi connectivity index (χ0) is 17.9. The molecule has 0 saturated carbocycles. The highest BCUT2D eigenvalue weighted by atomic mass is 35.5. The maximum atomic E-state index is 11.9. The highest BCUT2D eigenvalue weighted by Crippen LogP contribution is 2.27. The Bertz CT molecular complexity index is 913. The molecule has 1 aromatic carbocycles. The van der Waals surface area contributed by atoms with Crippen LogP contribution in [0.4, 0.5) is 0 Å². The predicted molar refractivity (Wildman–Crippen MR) is 90.4 cm³/mol. The third-order valence-corrected chi connectivity index (χ3v) is 3.99. The molecule has 0 aliphatic heterocycles. The summed E-state index contributed by atoms with van der Waals surface area (Å²) in [5.74, 6) is -1.69. The zero-order valence-electron chi connectivity index (χ0n) is 12.6. The molecule has 0 aliphatic carbocycles. The van der Waals surface area contributed by atoms with Crippen LogP contribution in [0, 0.1) is 0 Å². The van der Waals surface area contributed by atoms with Crippen LogP contribution in [0.3, 0.4) is 0 Å². The first-order chi connectivity index (χ1) is 11.2. The average Bonchev–Trinajstić information content (AvgIpc) is 2.51. The Hall–Kier alpha value is -2.45. The lowest BCUT2D eigenvalue weighted by atomic mass is 10.1. The molecule has 2 rings (SSSR count). The van der Waals surface area contributed by atoms with Gasteiger partial charge in [-0.05, 0) is 24.3 Å². The van der Waals surface area contributed by atoms with Crippen molar-refractivity contribution < 1.29 is 18.0 Å². The van der Waals surface area contributed by atoms with Gasteiger partial charge in [0.2, 0.25) is 0 Å². The minimum absolute atomic E-state index is 0.0959. The molecule has 0 unspecified atom stereocenters. The molecule has 0 fully saturated rings. The van der Waals surface area contributed by atoms with Gasteiger partial charge < -0.3 is 11.1 Å². The molecule has 9 heteroatoms. The predicted octanol–water partition coefficient (Wildman–Crippen LogP) is 1.23. The fraction of sp³-hybridized carbons (Fsp3) is 0.133. The van der Waals surface area contributed by atoms with E-state index in [0.717, 1.165) is 6.26 Å². The van der Waals surface area contributed by atoms with Crippen LogP contribution in [0.15, 0.2) is 36.4 Å². The molecule has 0 aliphatic rings. The molecule has 2 amide bonds. The van der Waals surface area contributed by atoms with Gasteiger partial charge in [-0.25, -0.2) is 13.4 Å². The van der Waals surface area contributed by atoms with Gasteiger partial charge in [-0.15, -0.1) is 0 Å². The van der Waals surface area contributed by atoms with Gasteiger partial charge in [0.15, 0.2) is 9.84 Å². The largest absolute Gasteiger partial charge is 0.364 e. The first-order valence-electron chi connectivity index (χ1n) is 6.70. The van der Waals surface area contributed by atoms with E-state index in [1.165, 1.54) is 18.2 Å². The number of nitrogens with zero attached hydrogens (tertiary/aromatic N) is 1. The number of aromatic nitrogens is 1. The van der Waals surface area contributed by atoms with Crippen molar-refractivity contribution in [3.8, 4) is 11.3 Å². The number of rotatable bonds is 5. The SMILES string of the molecule is CS(=O)(=O)CNC(=O)c1ccc(-c2cccc(C(N)=O)n2)c(Cl)c1. The second-order valence-corrected chi connectivity index (χ2v) is 7.59. The first-order valence-corrected chi connectivity index (χ1v) is 9.14. The van der Waals surface area contributed by atoms with Crippen LogP contribution < -0.4 is 11.1 Å². The number of primary amides is 1. The number of pyridine rings is 1. The Morgan fingerprint density at radius 1 is 1.25 bits per heavy atom. The van der Waals surface area contributed by atoms with Gasteiger partial charge in [0.25, 0.3) is 11.8 Å². The van der Waals surface area contributed by atoms with E-state index in [4.69, 9.17) is 17.3 Å². The van der Waals surface area contributed by atoms with Crippen molar-refractivity contribution in [1.29, 1.82) is 0 Å². The van der Waals surface area contributed by atoms with E-state index in [-0.39, 0.29) is 16.3 Å². The number of benzene rings is 1. The quantitative estimate of drug-likeness (QED) is 0.823. The number of nitrogens with one attached hydrogen (secondary N) is 1. The van der Waals surface area contributed by atoms with E-state index in [1.54, 1.807) is 18.2 Å². The van der Waals surface area contributed by atoms with Crippen LogP contribution in [-0.2, 0) is 9.84 Å². The summed E-state index contributed by atoms with van der Waals surface area (Å²) in [5.41, 5.74) is 6.44. The normalized spacial score (nSPS) is 11.1. The summed E-state index contributed by atoms with van der Waals surface area (Å²) in [7, 11) is -3.32. The summed E-state index contributed by atoms with van der Waals surface area (Å²) in [5, 5.41) is 2.52. The first kappa shape index (κ1) is 17.9. The Morgan fingerprint density at radius 2 is 1.96 bits per heavy atom. The molecule has 0 bridgehead atoms. The van der Waals surface area contributed by atoms with E-state index in [2.05, 4.69) is 10.3 Å². The summed E-state index contributed by atoms with van der Waals surface area (Å²) >= 11 is 6.18. The monoisotopic (exact) mass is 367 g/mol. The summed E-state index contributed by atoms with van der Waals surface area (Å²) in [4.78, 5) is 27.2. The fourth-order valence-corrected chi connectivity index (χ4v) is 2.56. The lowest BCUT2D eigenvalue weighted by Gasteiger charge is -2.08. The minimum Gasteiger partial charge on any atom is -0.364 e. The molecule has 1 aromatic heterocycles. The van der Waals surface area contributed by atoms with Gasteiger partial charge in [0.05, 0.1) is 10.7 Å². The van der Waals surface area contributed by atoms with Gasteiger partial charge in [0.1, 0.15) is 11.6 Å². The molecule has 2 aromatic rings. The van der Waals surface area contributed by atoms with Crippen LogP contribution in [0.25, 0.3) is 11.3 Å². The second kappa shape index (κ2) is 6.98. The molecular weight excluding hydrogens is 354 g/mol. The number of hydrogen-bond donors (Lipinski definition) is 2. The molecule has 0 radical (unpaired) electrons. The number of sulfone groups is 1. The average molecular weight is 368 g/mol. The van der Waals surface area contributed by atoms with Crippen molar-refractivity contribution in [2.24, 2.45) is 5.73 Å². The van der Waals surface area contributed by atoms with E-state index < -0.39 is 27.5 Å². The van der Waals surface area contributed by atoms with Crippen molar-refractivity contribution in [2.75, 3.05) is 12.1 Å². The van der Waals surface area contributed by atoms with Crippen LogP contribution in [-0.4, -0.2) is 37.3 Å². The van der Waals surface area contributed by atoms with Crippen molar-refractivity contribution in [3.63, 3.8) is 0 Å². The number of hydrogen-bond acceptors (Lipinski definition) is 5. The molecule has 0 saturated heterocycles. The highest BCUT2D eigenvalue weighted by Gasteiger charge is 2.13. The lowest BCUT2D eigenvalue weighted by molar-refractivity contribution is 0.0958. The van der Waals surface area contributed by atoms with Gasteiger partial charge >= 0.3 is 0 Å². The maximum Gasteiger partial charge on any atom is 0.267 e. The van der Waals surface area contributed by atoms with E-state index in [9.17, 15) is 18.0 Å². The van der Waals surface area contributed by atoms with E-state index in [0.29, 0.717) is 11.3 Å². The molecule has 3 N–H and O–H groups in total. The number of amides is 2.